The van der Waals surface area contributed by atoms with Crippen molar-refractivity contribution < 1.29 is 17.6 Å². The van der Waals surface area contributed by atoms with Gasteiger partial charge in [0.25, 0.3) is 0 Å². The summed E-state index contributed by atoms with van der Waals surface area (Å²) in [6.07, 6.45) is 6.53. The van der Waals surface area contributed by atoms with Gasteiger partial charge in [-0.25, -0.2) is 17.5 Å². The molecule has 5 rings (SSSR count). The average Bonchev–Trinajstić information content (AvgIpc) is 2.97. The first-order valence-electron chi connectivity index (χ1n) is 15.5. The summed E-state index contributed by atoms with van der Waals surface area (Å²) in [6.45, 7) is 9.46. The molecule has 0 radical (unpaired) electrons. The zero-order valence-corrected chi connectivity index (χ0v) is 26.4. The van der Waals surface area contributed by atoms with Gasteiger partial charge in [-0.1, -0.05) is 69.7 Å². The van der Waals surface area contributed by atoms with Crippen molar-refractivity contribution in [1.82, 2.24) is 14.9 Å². The lowest BCUT2D eigenvalue weighted by Crippen LogP contribution is -2.36. The van der Waals surface area contributed by atoms with E-state index in [0.717, 1.165) is 50.0 Å². The van der Waals surface area contributed by atoms with Crippen LogP contribution in [0.3, 0.4) is 0 Å². The number of sulfonamides is 1. The summed E-state index contributed by atoms with van der Waals surface area (Å²) in [5.74, 6) is -0.679. The number of nitrogens with one attached hydrogen (secondary N) is 2. The number of amides is 1. The van der Waals surface area contributed by atoms with Crippen LogP contribution in [-0.4, -0.2) is 32.3 Å². The lowest BCUT2D eigenvalue weighted by atomic mass is 9.86. The van der Waals surface area contributed by atoms with Crippen LogP contribution in [0.1, 0.15) is 99.2 Å². The minimum Gasteiger partial charge on any atom is -0.349 e. The fraction of sp³-hybridized carbons (Fsp3) is 0.457. The monoisotopic (exact) mass is 605 g/mol. The minimum absolute atomic E-state index is 0.107. The molecule has 1 amide bonds. The zero-order valence-electron chi connectivity index (χ0n) is 25.5. The number of carbonyl (C=O) groups excluding carboxylic acids is 1. The van der Waals surface area contributed by atoms with E-state index in [1.165, 1.54) is 54.7 Å². The first-order chi connectivity index (χ1) is 20.5. The summed E-state index contributed by atoms with van der Waals surface area (Å²) in [7, 11) is -3.95. The summed E-state index contributed by atoms with van der Waals surface area (Å²) in [6, 6.07) is 18.1. The second-order valence-corrected chi connectivity index (χ2v) is 14.8. The smallest absolute Gasteiger partial charge is 0.241 e. The molecule has 0 aromatic heterocycles. The second-order valence-electron chi connectivity index (χ2n) is 13.1. The Bertz CT molecular complexity index is 1510. The molecule has 2 atom stereocenters. The van der Waals surface area contributed by atoms with Crippen LogP contribution >= 0.6 is 0 Å². The number of hydrogen-bond acceptors (Lipinski definition) is 4. The second kappa shape index (κ2) is 13.3. The molecule has 3 aromatic carbocycles. The molecule has 1 heterocycles. The van der Waals surface area contributed by atoms with E-state index < -0.39 is 21.9 Å². The molecular weight excluding hydrogens is 561 g/mol. The van der Waals surface area contributed by atoms with Crippen LogP contribution in [0.15, 0.2) is 71.6 Å². The van der Waals surface area contributed by atoms with Gasteiger partial charge >= 0.3 is 0 Å². The lowest BCUT2D eigenvalue weighted by molar-refractivity contribution is -0.122. The normalized spacial score (nSPS) is 18.6. The van der Waals surface area contributed by atoms with Crippen molar-refractivity contribution in [3.8, 4) is 0 Å². The first kappa shape index (κ1) is 31.4. The van der Waals surface area contributed by atoms with Crippen molar-refractivity contribution in [3.05, 3.63) is 100 Å². The summed E-state index contributed by atoms with van der Waals surface area (Å²) in [4.78, 5) is 16.1. The number of fused-ring (bicyclic) bond motifs is 1. The first-order valence-corrected chi connectivity index (χ1v) is 17.0. The van der Waals surface area contributed by atoms with Crippen LogP contribution in [-0.2, 0) is 33.2 Å². The van der Waals surface area contributed by atoms with Crippen LogP contribution in [0.2, 0.25) is 0 Å². The quantitative estimate of drug-likeness (QED) is 0.284. The predicted octanol–water partition coefficient (Wildman–Crippen LogP) is 6.71. The predicted molar refractivity (Wildman–Crippen MR) is 169 cm³/mol. The van der Waals surface area contributed by atoms with Gasteiger partial charge in [0.1, 0.15) is 5.82 Å². The fourth-order valence-electron chi connectivity index (χ4n) is 6.24. The SMILES string of the molecule is CC(C)(C)c1ccc(S(=O)(=O)NC(CC(=O)NC2CCCc3cc(CN4CCCCC4)ccc32)c2ccc(F)cc2)cc1. The highest BCUT2D eigenvalue weighted by molar-refractivity contribution is 7.89. The molecule has 230 valence electrons. The molecule has 8 heteroatoms. The molecule has 2 unspecified atom stereocenters. The number of aryl methyl sites for hydroxylation is 1. The maximum atomic E-state index is 13.7. The summed E-state index contributed by atoms with van der Waals surface area (Å²) < 4.78 is 43.3. The molecule has 0 bridgehead atoms. The number of piperidine rings is 1. The maximum Gasteiger partial charge on any atom is 0.241 e. The van der Waals surface area contributed by atoms with E-state index in [4.69, 9.17) is 0 Å². The molecule has 1 fully saturated rings. The highest BCUT2D eigenvalue weighted by atomic mass is 32.2. The molecule has 2 aliphatic rings. The van der Waals surface area contributed by atoms with Crippen molar-refractivity contribution in [3.63, 3.8) is 0 Å². The number of nitrogens with zero attached hydrogens (tertiary/aromatic N) is 1. The van der Waals surface area contributed by atoms with Crippen LogP contribution in [0.5, 0.6) is 0 Å². The Balaban J connectivity index is 1.30. The van der Waals surface area contributed by atoms with Gasteiger partial charge < -0.3 is 5.32 Å². The van der Waals surface area contributed by atoms with Crippen LogP contribution in [0, 0.1) is 5.82 Å². The molecule has 6 nitrogen and oxygen atoms in total. The molecule has 1 saturated heterocycles. The van der Waals surface area contributed by atoms with Gasteiger partial charge in [-0.2, -0.15) is 0 Å². The third-order valence-corrected chi connectivity index (χ3v) is 10.2. The largest absolute Gasteiger partial charge is 0.349 e. The Kier molecular flexibility index (Phi) is 9.69. The Morgan fingerprint density at radius 1 is 0.953 bits per heavy atom. The molecule has 3 aromatic rings. The van der Waals surface area contributed by atoms with E-state index in [0.29, 0.717) is 5.56 Å². The van der Waals surface area contributed by atoms with E-state index in [2.05, 4.69) is 53.9 Å². The number of likely N-dealkylation sites (tertiary alicyclic amines) is 1. The van der Waals surface area contributed by atoms with Crippen molar-refractivity contribution in [2.24, 2.45) is 0 Å². The Morgan fingerprint density at radius 3 is 2.33 bits per heavy atom. The highest BCUT2D eigenvalue weighted by Gasteiger charge is 2.27. The number of rotatable bonds is 9. The Hall–Kier alpha value is -3.07. The van der Waals surface area contributed by atoms with Crippen molar-refractivity contribution >= 4 is 15.9 Å². The van der Waals surface area contributed by atoms with Gasteiger partial charge in [-0.15, -0.1) is 0 Å². The molecule has 2 N–H and O–H groups in total. The molecule has 43 heavy (non-hydrogen) atoms. The van der Waals surface area contributed by atoms with Crippen molar-refractivity contribution in [2.45, 2.75) is 94.7 Å². The maximum absolute atomic E-state index is 13.7. The fourth-order valence-corrected chi connectivity index (χ4v) is 7.47. The molecular formula is C35H44FN3O3S. The van der Waals surface area contributed by atoms with E-state index in [1.54, 1.807) is 12.1 Å². The molecule has 1 aliphatic carbocycles. The van der Waals surface area contributed by atoms with Gasteiger partial charge in [0, 0.05) is 13.0 Å². The topological polar surface area (TPSA) is 78.5 Å². The third kappa shape index (κ3) is 8.11. The lowest BCUT2D eigenvalue weighted by Gasteiger charge is -2.29. The van der Waals surface area contributed by atoms with Gasteiger partial charge in [0.05, 0.1) is 17.0 Å². The van der Waals surface area contributed by atoms with E-state index in [-0.39, 0.29) is 28.7 Å². The average molecular weight is 606 g/mol. The van der Waals surface area contributed by atoms with Gasteiger partial charge in [-0.3, -0.25) is 9.69 Å². The van der Waals surface area contributed by atoms with Crippen LogP contribution in [0.25, 0.3) is 0 Å². The number of benzene rings is 3. The summed E-state index contributed by atoms with van der Waals surface area (Å²) in [5, 5.41) is 3.18. The standard InChI is InChI=1S/C35H44FN3O3S/c1-35(2,3)28-13-17-30(18-14-28)43(41,42)38-33(26-11-15-29(36)16-12-26)23-34(40)37-32-9-7-8-27-22-25(10-19-31(27)32)24-39-20-5-4-6-21-39/h10-19,22,32-33,38H,4-9,20-21,23-24H2,1-3H3,(H,37,40). The van der Waals surface area contributed by atoms with Gasteiger partial charge in [-0.05, 0) is 103 Å². The summed E-state index contributed by atoms with van der Waals surface area (Å²) >= 11 is 0. The Labute approximate surface area is 256 Å². The minimum atomic E-state index is -3.95. The number of carbonyl (C=O) groups is 1. The van der Waals surface area contributed by atoms with Crippen LogP contribution in [0.4, 0.5) is 4.39 Å². The van der Waals surface area contributed by atoms with Crippen molar-refractivity contribution in [1.29, 1.82) is 0 Å². The zero-order chi connectivity index (χ0) is 30.6. The van der Waals surface area contributed by atoms with E-state index in [1.807, 2.05) is 12.1 Å². The van der Waals surface area contributed by atoms with Crippen molar-refractivity contribution in [2.75, 3.05) is 13.1 Å². The molecule has 0 spiro atoms. The summed E-state index contributed by atoms with van der Waals surface area (Å²) in [5.41, 5.74) is 5.16. The highest BCUT2D eigenvalue weighted by Crippen LogP contribution is 2.32. The molecule has 0 saturated carbocycles. The van der Waals surface area contributed by atoms with Crippen LogP contribution < -0.4 is 10.0 Å². The van der Waals surface area contributed by atoms with E-state index in [9.17, 15) is 17.6 Å². The van der Waals surface area contributed by atoms with Gasteiger partial charge in [0.2, 0.25) is 15.9 Å². The third-order valence-electron chi connectivity index (χ3n) is 8.70. The number of halogens is 1. The number of hydrogen-bond donors (Lipinski definition) is 2. The Morgan fingerprint density at radius 2 is 1.65 bits per heavy atom. The van der Waals surface area contributed by atoms with E-state index >= 15 is 0 Å². The molecule has 1 aliphatic heterocycles. The van der Waals surface area contributed by atoms with Gasteiger partial charge in [0.15, 0.2) is 0 Å².